The number of nitro groups is 1. The molecule has 0 aliphatic carbocycles. The fourth-order valence-electron chi connectivity index (χ4n) is 2.85. The Morgan fingerprint density at radius 3 is 2.52 bits per heavy atom. The van der Waals surface area contributed by atoms with E-state index in [0.717, 1.165) is 21.1 Å². The van der Waals surface area contributed by atoms with Crippen molar-refractivity contribution in [1.29, 1.82) is 0 Å². The van der Waals surface area contributed by atoms with Crippen LogP contribution in [0.25, 0.3) is 10.1 Å². The summed E-state index contributed by atoms with van der Waals surface area (Å²) >= 11 is 7.80. The maximum atomic E-state index is 12.6. The van der Waals surface area contributed by atoms with Gasteiger partial charge in [0.1, 0.15) is 0 Å². The Morgan fingerprint density at radius 2 is 1.80 bits per heavy atom. The first kappa shape index (κ1) is 15.7. The topological polar surface area (TPSA) is 80.5 Å². The molecule has 0 saturated heterocycles. The molecule has 4 rings (SSSR count). The number of amides is 2. The van der Waals surface area contributed by atoms with Gasteiger partial charge in [0.15, 0.2) is 0 Å². The molecule has 0 bridgehead atoms. The number of benzene rings is 2. The van der Waals surface area contributed by atoms with Gasteiger partial charge in [-0.15, -0.1) is 11.3 Å². The van der Waals surface area contributed by atoms with Crippen LogP contribution < -0.4 is 0 Å². The zero-order chi connectivity index (χ0) is 17.7. The van der Waals surface area contributed by atoms with Crippen LogP contribution in [0.15, 0.2) is 42.5 Å². The number of thiophene rings is 1. The predicted octanol–water partition coefficient (Wildman–Crippen LogP) is 4.26. The Bertz CT molecular complexity index is 1080. The highest BCUT2D eigenvalue weighted by Gasteiger charge is 2.37. The summed E-state index contributed by atoms with van der Waals surface area (Å²) in [5.74, 6) is -1.01. The lowest BCUT2D eigenvalue weighted by atomic mass is 10.1. The van der Waals surface area contributed by atoms with Crippen LogP contribution in [0.4, 0.5) is 5.69 Å². The van der Waals surface area contributed by atoms with Crippen molar-refractivity contribution >= 4 is 50.5 Å². The van der Waals surface area contributed by atoms with E-state index in [1.165, 1.54) is 23.5 Å². The van der Waals surface area contributed by atoms with Gasteiger partial charge in [-0.25, -0.2) is 0 Å². The minimum atomic E-state index is -0.594. The second-order valence-corrected chi connectivity index (χ2v) is 7.03. The number of fused-ring (bicyclic) bond motifs is 2. The molecule has 25 heavy (non-hydrogen) atoms. The zero-order valence-electron chi connectivity index (χ0n) is 12.6. The summed E-state index contributed by atoms with van der Waals surface area (Å²) in [6.07, 6.45) is 0. The molecule has 2 aromatic carbocycles. The van der Waals surface area contributed by atoms with Crippen molar-refractivity contribution in [3.05, 3.63) is 73.6 Å². The highest BCUT2D eigenvalue weighted by atomic mass is 35.5. The first-order valence-corrected chi connectivity index (χ1v) is 8.47. The molecular formula is C17H9ClN2O4S. The molecule has 1 aliphatic heterocycles. The molecule has 0 fully saturated rings. The number of nitrogens with zero attached hydrogens (tertiary/aromatic N) is 2. The molecule has 0 spiro atoms. The molecule has 1 aromatic heterocycles. The normalized spacial score (nSPS) is 13.6. The summed E-state index contributed by atoms with van der Waals surface area (Å²) in [6, 6.07) is 11.2. The average molecular weight is 373 g/mol. The first-order valence-electron chi connectivity index (χ1n) is 7.28. The van der Waals surface area contributed by atoms with Crippen LogP contribution in [-0.4, -0.2) is 21.6 Å². The van der Waals surface area contributed by atoms with E-state index in [-0.39, 0.29) is 23.4 Å². The third kappa shape index (κ3) is 2.40. The summed E-state index contributed by atoms with van der Waals surface area (Å²) in [4.78, 5) is 37.1. The minimum Gasteiger partial charge on any atom is -0.269 e. The van der Waals surface area contributed by atoms with Gasteiger partial charge in [0.25, 0.3) is 17.5 Å². The van der Waals surface area contributed by atoms with Crippen LogP contribution in [0.5, 0.6) is 0 Å². The van der Waals surface area contributed by atoms with E-state index in [1.54, 1.807) is 0 Å². The van der Waals surface area contributed by atoms with Gasteiger partial charge in [0, 0.05) is 27.1 Å². The zero-order valence-corrected chi connectivity index (χ0v) is 14.1. The lowest BCUT2D eigenvalue weighted by Crippen LogP contribution is -2.28. The molecular weight excluding hydrogens is 364 g/mol. The maximum absolute atomic E-state index is 12.6. The van der Waals surface area contributed by atoms with Crippen LogP contribution in [-0.2, 0) is 6.54 Å². The smallest absolute Gasteiger partial charge is 0.269 e. The predicted molar refractivity (Wildman–Crippen MR) is 94.1 cm³/mol. The van der Waals surface area contributed by atoms with Crippen molar-refractivity contribution in [3.8, 4) is 0 Å². The number of rotatable bonds is 3. The number of non-ortho nitro benzene ring substituents is 1. The second-order valence-electron chi connectivity index (χ2n) is 5.52. The van der Waals surface area contributed by atoms with Crippen molar-refractivity contribution in [2.24, 2.45) is 0 Å². The summed E-state index contributed by atoms with van der Waals surface area (Å²) in [5, 5.41) is 12.3. The Kier molecular flexibility index (Phi) is 3.55. The van der Waals surface area contributed by atoms with E-state index in [0.29, 0.717) is 9.90 Å². The van der Waals surface area contributed by atoms with Crippen LogP contribution in [0.1, 0.15) is 25.6 Å². The number of hydrogen-bond acceptors (Lipinski definition) is 5. The lowest BCUT2D eigenvalue weighted by molar-refractivity contribution is -0.384. The van der Waals surface area contributed by atoms with E-state index in [9.17, 15) is 19.7 Å². The fraction of sp³-hybridized carbons (Fsp3) is 0.0588. The van der Waals surface area contributed by atoms with E-state index in [1.807, 2.05) is 24.3 Å². The van der Waals surface area contributed by atoms with Gasteiger partial charge < -0.3 is 0 Å². The average Bonchev–Trinajstić information content (AvgIpc) is 3.05. The standard InChI is InChI=1S/C17H9ClN2O4S/c18-15-11-3-1-2-4-13(11)25-14(15)8-19-16(21)10-6-5-9(20(23)24)7-12(10)17(19)22/h1-7H,8H2. The number of imide groups is 1. The van der Waals surface area contributed by atoms with Gasteiger partial charge >= 0.3 is 0 Å². The van der Waals surface area contributed by atoms with E-state index >= 15 is 0 Å². The molecule has 2 heterocycles. The molecule has 124 valence electrons. The van der Waals surface area contributed by atoms with Gasteiger partial charge in [-0.3, -0.25) is 24.6 Å². The summed E-state index contributed by atoms with van der Waals surface area (Å²) < 4.78 is 0.967. The number of halogens is 1. The maximum Gasteiger partial charge on any atom is 0.270 e. The number of nitro benzene ring substituents is 1. The quantitative estimate of drug-likeness (QED) is 0.391. The molecule has 0 radical (unpaired) electrons. The monoisotopic (exact) mass is 372 g/mol. The van der Waals surface area contributed by atoms with Crippen LogP contribution >= 0.6 is 22.9 Å². The van der Waals surface area contributed by atoms with Crippen molar-refractivity contribution in [2.45, 2.75) is 6.54 Å². The Hall–Kier alpha value is -2.77. The molecule has 8 heteroatoms. The molecule has 1 aliphatic rings. The van der Waals surface area contributed by atoms with Gasteiger partial charge in [-0.1, -0.05) is 29.8 Å². The van der Waals surface area contributed by atoms with E-state index < -0.39 is 16.7 Å². The Morgan fingerprint density at radius 1 is 1.08 bits per heavy atom. The van der Waals surface area contributed by atoms with Crippen LogP contribution in [0, 0.1) is 10.1 Å². The first-order chi connectivity index (χ1) is 12.0. The Balaban J connectivity index is 1.72. The van der Waals surface area contributed by atoms with Crippen LogP contribution in [0.2, 0.25) is 5.02 Å². The molecule has 6 nitrogen and oxygen atoms in total. The van der Waals surface area contributed by atoms with Crippen molar-refractivity contribution in [3.63, 3.8) is 0 Å². The molecule has 0 N–H and O–H groups in total. The summed E-state index contributed by atoms with van der Waals surface area (Å²) in [6.45, 7) is 0.0400. The van der Waals surface area contributed by atoms with Crippen molar-refractivity contribution in [1.82, 2.24) is 4.90 Å². The minimum absolute atomic E-state index is 0.0400. The fourth-order valence-corrected chi connectivity index (χ4v) is 4.33. The van der Waals surface area contributed by atoms with Crippen LogP contribution in [0.3, 0.4) is 0 Å². The van der Waals surface area contributed by atoms with Gasteiger partial charge in [-0.2, -0.15) is 0 Å². The highest BCUT2D eigenvalue weighted by molar-refractivity contribution is 7.19. The Labute approximate surface area is 150 Å². The largest absolute Gasteiger partial charge is 0.270 e. The summed E-state index contributed by atoms with van der Waals surface area (Å²) in [5.41, 5.74) is 0.00547. The third-order valence-electron chi connectivity index (χ3n) is 4.07. The molecule has 0 saturated carbocycles. The molecule has 0 atom stereocenters. The second kappa shape index (κ2) is 5.65. The van der Waals surface area contributed by atoms with Gasteiger partial charge in [-0.05, 0) is 12.1 Å². The van der Waals surface area contributed by atoms with Gasteiger partial charge in [0.05, 0.1) is 27.6 Å². The van der Waals surface area contributed by atoms with E-state index in [2.05, 4.69) is 0 Å². The number of carbonyl (C=O) groups is 2. The SMILES string of the molecule is O=C1c2ccc([N+](=O)[O-])cc2C(=O)N1Cc1sc2ccccc2c1Cl. The third-order valence-corrected chi connectivity index (χ3v) is 5.77. The van der Waals surface area contributed by atoms with Gasteiger partial charge in [0.2, 0.25) is 0 Å². The highest BCUT2D eigenvalue weighted by Crippen LogP contribution is 2.37. The van der Waals surface area contributed by atoms with Crippen molar-refractivity contribution in [2.75, 3.05) is 0 Å². The summed E-state index contributed by atoms with van der Waals surface area (Å²) in [7, 11) is 0. The van der Waals surface area contributed by atoms with E-state index in [4.69, 9.17) is 11.6 Å². The van der Waals surface area contributed by atoms with Crippen molar-refractivity contribution < 1.29 is 14.5 Å². The molecule has 3 aromatic rings. The molecule has 0 unspecified atom stereocenters. The molecule has 2 amide bonds. The number of hydrogen-bond donors (Lipinski definition) is 0. The lowest BCUT2D eigenvalue weighted by Gasteiger charge is -2.12. The number of carbonyl (C=O) groups excluding carboxylic acids is 2.